The summed E-state index contributed by atoms with van der Waals surface area (Å²) in [6, 6.07) is 15.6. The van der Waals surface area contributed by atoms with E-state index in [1.807, 2.05) is 48.5 Å². The number of hydrogen-bond acceptors (Lipinski definition) is 4. The summed E-state index contributed by atoms with van der Waals surface area (Å²) in [5.41, 5.74) is 2.82. The van der Waals surface area contributed by atoms with Gasteiger partial charge in [-0.2, -0.15) is 0 Å². The Morgan fingerprint density at radius 2 is 1.81 bits per heavy atom. The average molecular weight is 285 g/mol. The van der Waals surface area contributed by atoms with Gasteiger partial charge in [0, 0.05) is 6.42 Å². The molecular weight excluding hydrogens is 266 g/mol. The van der Waals surface area contributed by atoms with Crippen LogP contribution >= 0.6 is 0 Å². The Kier molecular flexibility index (Phi) is 5.21. The zero-order valence-corrected chi connectivity index (χ0v) is 12.2. The molecule has 0 radical (unpaired) electrons. The fourth-order valence-electron chi connectivity index (χ4n) is 1.96. The first-order chi connectivity index (χ1) is 10.2. The molecule has 0 fully saturated rings. The zero-order valence-electron chi connectivity index (χ0n) is 12.2. The van der Waals surface area contributed by atoms with Crippen molar-refractivity contribution in [3.8, 4) is 11.5 Å². The van der Waals surface area contributed by atoms with Crippen LogP contribution in [0.3, 0.4) is 0 Å². The van der Waals surface area contributed by atoms with E-state index in [0.717, 1.165) is 22.6 Å². The molecule has 4 nitrogen and oxygen atoms in total. The van der Waals surface area contributed by atoms with Gasteiger partial charge in [-0.3, -0.25) is 0 Å². The highest BCUT2D eigenvalue weighted by Gasteiger charge is 2.00. The molecule has 21 heavy (non-hydrogen) atoms. The number of oxime groups is 1. The van der Waals surface area contributed by atoms with Crippen molar-refractivity contribution in [1.29, 1.82) is 0 Å². The second-order valence-electron chi connectivity index (χ2n) is 4.80. The third kappa shape index (κ3) is 4.53. The maximum absolute atomic E-state index is 8.66. The number of methoxy groups -OCH3 is 1. The van der Waals surface area contributed by atoms with Crippen LogP contribution in [0.4, 0.5) is 0 Å². The van der Waals surface area contributed by atoms with Gasteiger partial charge >= 0.3 is 0 Å². The summed E-state index contributed by atoms with van der Waals surface area (Å²) in [7, 11) is 1.65. The van der Waals surface area contributed by atoms with E-state index in [9.17, 15) is 0 Å². The minimum atomic E-state index is 0.494. The molecule has 1 N–H and O–H groups in total. The number of hydrogen-bond donors (Lipinski definition) is 1. The minimum absolute atomic E-state index is 0.494. The second-order valence-corrected chi connectivity index (χ2v) is 4.80. The lowest BCUT2D eigenvalue weighted by atomic mass is 10.1. The first kappa shape index (κ1) is 14.9. The summed E-state index contributed by atoms with van der Waals surface area (Å²) >= 11 is 0. The molecule has 0 heterocycles. The summed E-state index contributed by atoms with van der Waals surface area (Å²) in [4.78, 5) is 0. The van der Waals surface area contributed by atoms with Crippen molar-refractivity contribution < 1.29 is 14.7 Å². The smallest absolute Gasteiger partial charge is 0.119 e. The van der Waals surface area contributed by atoms with Crippen LogP contribution in [0, 0.1) is 0 Å². The van der Waals surface area contributed by atoms with E-state index in [0.29, 0.717) is 18.7 Å². The van der Waals surface area contributed by atoms with Gasteiger partial charge in [0.15, 0.2) is 0 Å². The van der Waals surface area contributed by atoms with Gasteiger partial charge in [-0.25, -0.2) is 0 Å². The van der Waals surface area contributed by atoms with Gasteiger partial charge < -0.3 is 14.7 Å². The molecule has 0 saturated carbocycles. The van der Waals surface area contributed by atoms with Gasteiger partial charge in [0.25, 0.3) is 0 Å². The topological polar surface area (TPSA) is 51.0 Å². The number of benzene rings is 2. The summed E-state index contributed by atoms with van der Waals surface area (Å²) in [6.07, 6.45) is 0.632. The predicted octanol–water partition coefficient (Wildman–Crippen LogP) is 3.67. The van der Waals surface area contributed by atoms with Crippen LogP contribution in [0.15, 0.2) is 53.7 Å². The Morgan fingerprint density at radius 1 is 1.05 bits per heavy atom. The van der Waals surface area contributed by atoms with Gasteiger partial charge in [-0.1, -0.05) is 29.4 Å². The molecule has 0 aliphatic heterocycles. The fraction of sp³-hybridized carbons (Fsp3) is 0.235. The molecule has 0 atom stereocenters. The second kappa shape index (κ2) is 7.33. The summed E-state index contributed by atoms with van der Waals surface area (Å²) in [5.74, 6) is 1.63. The molecule has 0 aromatic heterocycles. The maximum atomic E-state index is 8.66. The summed E-state index contributed by atoms with van der Waals surface area (Å²) in [6.45, 7) is 2.28. The lowest BCUT2D eigenvalue weighted by molar-refractivity contribution is 0.305. The molecule has 0 spiro atoms. The normalized spacial score (nSPS) is 11.2. The fourth-order valence-corrected chi connectivity index (χ4v) is 1.96. The summed E-state index contributed by atoms with van der Waals surface area (Å²) < 4.78 is 10.9. The first-order valence-electron chi connectivity index (χ1n) is 6.73. The highest BCUT2D eigenvalue weighted by Crippen LogP contribution is 2.17. The van der Waals surface area contributed by atoms with E-state index in [-0.39, 0.29) is 0 Å². The van der Waals surface area contributed by atoms with Crippen molar-refractivity contribution in [2.24, 2.45) is 5.16 Å². The van der Waals surface area contributed by atoms with Crippen molar-refractivity contribution in [3.63, 3.8) is 0 Å². The number of nitrogens with zero attached hydrogens (tertiary/aromatic N) is 1. The van der Waals surface area contributed by atoms with E-state index in [1.165, 1.54) is 0 Å². The third-order valence-corrected chi connectivity index (χ3v) is 3.09. The van der Waals surface area contributed by atoms with E-state index in [2.05, 4.69) is 5.16 Å². The van der Waals surface area contributed by atoms with Crippen molar-refractivity contribution in [2.75, 3.05) is 7.11 Å². The van der Waals surface area contributed by atoms with Gasteiger partial charge in [-0.05, 0) is 42.3 Å². The van der Waals surface area contributed by atoms with Crippen LogP contribution < -0.4 is 9.47 Å². The molecule has 0 bridgehead atoms. The van der Waals surface area contributed by atoms with Crippen molar-refractivity contribution >= 4 is 5.71 Å². The van der Waals surface area contributed by atoms with Gasteiger partial charge in [0.2, 0.25) is 0 Å². The number of rotatable bonds is 6. The molecule has 0 saturated heterocycles. The Morgan fingerprint density at radius 3 is 2.48 bits per heavy atom. The molecule has 2 aromatic carbocycles. The van der Waals surface area contributed by atoms with E-state index in [4.69, 9.17) is 14.7 Å². The van der Waals surface area contributed by atoms with Crippen molar-refractivity contribution in [2.45, 2.75) is 20.0 Å². The highest BCUT2D eigenvalue weighted by atomic mass is 16.5. The predicted molar refractivity (Wildman–Crippen MR) is 82.4 cm³/mol. The Balaban J connectivity index is 1.94. The minimum Gasteiger partial charge on any atom is -0.497 e. The van der Waals surface area contributed by atoms with Crippen LogP contribution in [0.2, 0.25) is 0 Å². The van der Waals surface area contributed by atoms with Crippen LogP contribution in [-0.2, 0) is 13.0 Å². The standard InChI is InChI=1S/C17H19NO3/c1-13(18-19)10-14-6-8-16(9-7-14)21-12-15-4-3-5-17(11-15)20-2/h3-9,11,19H,10,12H2,1-2H3/b18-13+. The van der Waals surface area contributed by atoms with Crippen LogP contribution in [0.1, 0.15) is 18.1 Å². The third-order valence-electron chi connectivity index (χ3n) is 3.09. The molecule has 2 aromatic rings. The van der Waals surface area contributed by atoms with Crippen molar-refractivity contribution in [3.05, 3.63) is 59.7 Å². The lowest BCUT2D eigenvalue weighted by Crippen LogP contribution is -1.98. The van der Waals surface area contributed by atoms with Gasteiger partial charge in [0.05, 0.1) is 12.8 Å². The molecule has 0 aliphatic rings. The van der Waals surface area contributed by atoms with Crippen molar-refractivity contribution in [1.82, 2.24) is 0 Å². The Hall–Kier alpha value is -2.49. The largest absolute Gasteiger partial charge is 0.497 e. The maximum Gasteiger partial charge on any atom is 0.119 e. The SMILES string of the molecule is COc1cccc(COc2ccc(C/C(C)=N/O)cc2)c1. The molecular formula is C17H19NO3. The van der Waals surface area contributed by atoms with E-state index >= 15 is 0 Å². The van der Waals surface area contributed by atoms with Crippen LogP contribution in [-0.4, -0.2) is 18.0 Å². The van der Waals surface area contributed by atoms with E-state index in [1.54, 1.807) is 14.0 Å². The lowest BCUT2D eigenvalue weighted by Gasteiger charge is -2.08. The molecule has 2 rings (SSSR count). The van der Waals surface area contributed by atoms with Gasteiger partial charge in [-0.15, -0.1) is 0 Å². The number of ether oxygens (including phenoxy) is 2. The Labute approximate surface area is 124 Å². The van der Waals surface area contributed by atoms with Gasteiger partial charge in [0.1, 0.15) is 18.1 Å². The molecule has 0 aliphatic carbocycles. The molecule has 0 unspecified atom stereocenters. The monoisotopic (exact) mass is 285 g/mol. The Bertz CT molecular complexity index is 606. The molecule has 4 heteroatoms. The highest BCUT2D eigenvalue weighted by molar-refractivity contribution is 5.83. The first-order valence-corrected chi connectivity index (χ1v) is 6.73. The van der Waals surface area contributed by atoms with Crippen LogP contribution in [0.25, 0.3) is 0 Å². The summed E-state index contributed by atoms with van der Waals surface area (Å²) in [5, 5.41) is 11.8. The molecule has 0 amide bonds. The average Bonchev–Trinajstić information content (AvgIpc) is 2.54. The zero-order chi connectivity index (χ0) is 15.1. The quantitative estimate of drug-likeness (QED) is 0.500. The molecule has 110 valence electrons. The van der Waals surface area contributed by atoms with E-state index < -0.39 is 0 Å². The van der Waals surface area contributed by atoms with Crippen LogP contribution in [0.5, 0.6) is 11.5 Å².